The molecule has 0 aromatic heterocycles. The molecule has 2 bridgehead atoms. The average Bonchev–Trinajstić information content (AvgIpc) is 1.94. The van der Waals surface area contributed by atoms with Crippen molar-refractivity contribution in [3.05, 3.63) is 0 Å². The third kappa shape index (κ3) is 1.73. The highest BCUT2D eigenvalue weighted by Crippen LogP contribution is 2.35. The van der Waals surface area contributed by atoms with Gasteiger partial charge in [0.25, 0.3) is 0 Å². The molecule has 0 spiro atoms. The fourth-order valence-electron chi connectivity index (χ4n) is 2.59. The van der Waals surface area contributed by atoms with Crippen molar-refractivity contribution in [2.24, 2.45) is 17.6 Å². The van der Waals surface area contributed by atoms with E-state index >= 15 is 0 Å². The Labute approximate surface area is 78.0 Å². The van der Waals surface area contributed by atoms with E-state index in [2.05, 4.69) is 0 Å². The summed E-state index contributed by atoms with van der Waals surface area (Å²) in [5.41, 5.74) is 5.77. The van der Waals surface area contributed by atoms with Crippen LogP contribution in [0.5, 0.6) is 0 Å². The van der Waals surface area contributed by atoms with Gasteiger partial charge in [0.15, 0.2) is 9.84 Å². The minimum atomic E-state index is -2.91. The highest BCUT2D eigenvalue weighted by molar-refractivity contribution is 7.91. The summed E-state index contributed by atoms with van der Waals surface area (Å²) in [6.45, 7) is 0. The van der Waals surface area contributed by atoms with E-state index in [0.29, 0.717) is 12.8 Å². The molecule has 1 aliphatic carbocycles. The van der Waals surface area contributed by atoms with Crippen molar-refractivity contribution < 1.29 is 13.5 Å². The molecule has 76 valence electrons. The lowest BCUT2D eigenvalue weighted by Gasteiger charge is -2.41. The van der Waals surface area contributed by atoms with Crippen molar-refractivity contribution >= 4 is 9.84 Å². The predicted molar refractivity (Wildman–Crippen MR) is 48.9 cm³/mol. The lowest BCUT2D eigenvalue weighted by molar-refractivity contribution is 0.0229. The van der Waals surface area contributed by atoms with Gasteiger partial charge >= 0.3 is 0 Å². The first kappa shape index (κ1) is 9.43. The Kier molecular flexibility index (Phi) is 2.13. The highest BCUT2D eigenvalue weighted by Gasteiger charge is 2.43. The van der Waals surface area contributed by atoms with Crippen LogP contribution in [0.25, 0.3) is 0 Å². The number of aliphatic hydroxyl groups is 1. The fraction of sp³-hybridized carbons (Fsp3) is 1.00. The summed E-state index contributed by atoms with van der Waals surface area (Å²) >= 11 is 0. The first-order valence-electron chi connectivity index (χ1n) is 4.62. The fourth-order valence-corrected chi connectivity index (χ4v) is 4.70. The summed E-state index contributed by atoms with van der Waals surface area (Å²) in [5.74, 6) is 0.0106. The maximum atomic E-state index is 11.4. The molecule has 2 unspecified atom stereocenters. The molecule has 1 aliphatic heterocycles. The minimum Gasteiger partial charge on any atom is -0.392 e. The molecule has 4 nitrogen and oxygen atoms in total. The Hall–Kier alpha value is -0.130. The predicted octanol–water partition coefficient (Wildman–Crippen LogP) is -0.871. The van der Waals surface area contributed by atoms with Gasteiger partial charge in [-0.2, -0.15) is 0 Å². The molecule has 2 fully saturated rings. The lowest BCUT2D eigenvalue weighted by atomic mass is 9.78. The smallest absolute Gasteiger partial charge is 0.151 e. The molecule has 13 heavy (non-hydrogen) atoms. The van der Waals surface area contributed by atoms with E-state index in [4.69, 9.17) is 5.73 Å². The number of hydrogen-bond acceptors (Lipinski definition) is 4. The minimum absolute atomic E-state index is 0.0777. The summed E-state index contributed by atoms with van der Waals surface area (Å²) in [7, 11) is -2.91. The highest BCUT2D eigenvalue weighted by atomic mass is 32.2. The van der Waals surface area contributed by atoms with Gasteiger partial charge in [-0.3, -0.25) is 0 Å². The molecule has 1 heterocycles. The van der Waals surface area contributed by atoms with Gasteiger partial charge in [-0.15, -0.1) is 0 Å². The molecule has 0 aromatic rings. The molecule has 5 heteroatoms. The molecule has 2 aliphatic rings. The molecule has 4 atom stereocenters. The SMILES string of the molecule is NC1C[C@@H]2CS(=O)(=O)C[C@H](C1)C2O. The quantitative estimate of drug-likeness (QED) is 0.538. The Morgan fingerprint density at radius 3 is 2.08 bits per heavy atom. The zero-order chi connectivity index (χ0) is 9.64. The maximum absolute atomic E-state index is 11.4. The van der Waals surface area contributed by atoms with Crippen LogP contribution in [0.2, 0.25) is 0 Å². The Morgan fingerprint density at radius 2 is 1.62 bits per heavy atom. The number of rotatable bonds is 0. The summed E-state index contributed by atoms with van der Waals surface area (Å²) < 4.78 is 22.7. The van der Waals surface area contributed by atoms with Crippen LogP contribution in [-0.2, 0) is 9.84 Å². The van der Waals surface area contributed by atoms with Gasteiger partial charge in [-0.05, 0) is 12.8 Å². The van der Waals surface area contributed by atoms with Crippen LogP contribution in [0.3, 0.4) is 0 Å². The van der Waals surface area contributed by atoms with Crippen LogP contribution < -0.4 is 5.73 Å². The van der Waals surface area contributed by atoms with E-state index in [1.165, 1.54) is 0 Å². The van der Waals surface area contributed by atoms with Crippen LogP contribution in [0.1, 0.15) is 12.8 Å². The molecule has 3 N–H and O–H groups in total. The van der Waals surface area contributed by atoms with Gasteiger partial charge in [0.2, 0.25) is 0 Å². The number of aliphatic hydroxyl groups excluding tert-OH is 1. The van der Waals surface area contributed by atoms with Crippen LogP contribution in [-0.4, -0.2) is 37.2 Å². The number of hydrogen-bond donors (Lipinski definition) is 2. The molecule has 0 amide bonds. The second-order valence-electron chi connectivity index (χ2n) is 4.32. The molecule has 0 radical (unpaired) electrons. The Bertz CT molecular complexity index is 279. The maximum Gasteiger partial charge on any atom is 0.151 e. The largest absolute Gasteiger partial charge is 0.392 e. The topological polar surface area (TPSA) is 80.4 Å². The van der Waals surface area contributed by atoms with E-state index in [9.17, 15) is 13.5 Å². The summed E-state index contributed by atoms with van der Waals surface area (Å²) in [4.78, 5) is 0. The van der Waals surface area contributed by atoms with Crippen molar-refractivity contribution in [2.45, 2.75) is 25.0 Å². The molecule has 1 saturated carbocycles. The average molecular weight is 205 g/mol. The Balaban J connectivity index is 2.23. The van der Waals surface area contributed by atoms with Gasteiger partial charge in [0.05, 0.1) is 17.6 Å². The molecular formula is C8H15NO3S. The van der Waals surface area contributed by atoms with Crippen molar-refractivity contribution in [3.8, 4) is 0 Å². The van der Waals surface area contributed by atoms with E-state index in [1.54, 1.807) is 0 Å². The summed E-state index contributed by atoms with van der Waals surface area (Å²) in [6.07, 6.45) is 0.858. The lowest BCUT2D eigenvalue weighted by Crippen LogP contribution is -2.51. The van der Waals surface area contributed by atoms with Crippen molar-refractivity contribution in [2.75, 3.05) is 11.5 Å². The first-order chi connectivity index (χ1) is 5.98. The van der Waals surface area contributed by atoms with E-state index in [-0.39, 0.29) is 29.4 Å². The summed E-state index contributed by atoms with van der Waals surface area (Å²) in [5, 5.41) is 9.72. The zero-order valence-corrected chi connectivity index (χ0v) is 8.20. The normalized spacial score (nSPS) is 48.8. The Morgan fingerprint density at radius 1 is 1.15 bits per heavy atom. The second kappa shape index (κ2) is 2.93. The third-order valence-electron chi connectivity index (χ3n) is 3.11. The molecule has 2 rings (SSSR count). The third-order valence-corrected chi connectivity index (χ3v) is 4.99. The number of nitrogens with two attached hydrogens (primary N) is 1. The van der Waals surface area contributed by atoms with Crippen molar-refractivity contribution in [1.82, 2.24) is 0 Å². The van der Waals surface area contributed by atoms with Crippen LogP contribution in [0, 0.1) is 11.8 Å². The standard InChI is InChI=1S/C8H15NO3S/c9-7-1-5-3-13(11,12)4-6(2-7)8(5)10/h5-8,10H,1-4,9H2/t5-,6+,7?,8?. The summed E-state index contributed by atoms with van der Waals surface area (Å²) in [6, 6.07) is 0.0777. The van der Waals surface area contributed by atoms with Crippen LogP contribution in [0.4, 0.5) is 0 Å². The molecular weight excluding hydrogens is 190 g/mol. The van der Waals surface area contributed by atoms with Gasteiger partial charge < -0.3 is 10.8 Å². The van der Waals surface area contributed by atoms with Crippen LogP contribution in [0.15, 0.2) is 0 Å². The van der Waals surface area contributed by atoms with Crippen molar-refractivity contribution in [3.63, 3.8) is 0 Å². The van der Waals surface area contributed by atoms with E-state index < -0.39 is 15.9 Å². The second-order valence-corrected chi connectivity index (χ2v) is 6.47. The van der Waals surface area contributed by atoms with Crippen molar-refractivity contribution in [1.29, 1.82) is 0 Å². The number of sulfone groups is 1. The van der Waals surface area contributed by atoms with E-state index in [1.807, 2.05) is 0 Å². The van der Waals surface area contributed by atoms with Gasteiger partial charge in [0, 0.05) is 17.9 Å². The van der Waals surface area contributed by atoms with Gasteiger partial charge in [-0.1, -0.05) is 0 Å². The molecule has 0 aromatic carbocycles. The van der Waals surface area contributed by atoms with E-state index in [0.717, 1.165) is 0 Å². The van der Waals surface area contributed by atoms with Crippen LogP contribution >= 0.6 is 0 Å². The number of fused-ring (bicyclic) bond motifs is 2. The molecule has 1 saturated heterocycles. The first-order valence-corrected chi connectivity index (χ1v) is 6.44. The van der Waals surface area contributed by atoms with Gasteiger partial charge in [0.1, 0.15) is 0 Å². The zero-order valence-electron chi connectivity index (χ0n) is 7.39. The van der Waals surface area contributed by atoms with Gasteiger partial charge in [-0.25, -0.2) is 8.42 Å². The monoisotopic (exact) mass is 205 g/mol.